The minimum Gasteiger partial charge on any atom is -0.313 e. The molecule has 1 aromatic carbocycles. The van der Waals surface area contributed by atoms with Gasteiger partial charge in [-0.2, -0.15) is 0 Å². The molecule has 4 heteroatoms. The van der Waals surface area contributed by atoms with E-state index in [1.165, 1.54) is 12.1 Å². The van der Waals surface area contributed by atoms with Crippen molar-refractivity contribution >= 4 is 10.8 Å². The van der Waals surface area contributed by atoms with Crippen molar-refractivity contribution in [3.8, 4) is 0 Å². The lowest BCUT2D eigenvalue weighted by Gasteiger charge is -2.07. The third-order valence-corrected chi connectivity index (χ3v) is 3.27. The van der Waals surface area contributed by atoms with Crippen molar-refractivity contribution in [2.75, 3.05) is 18.6 Å². The highest BCUT2D eigenvalue weighted by Crippen LogP contribution is 2.09. The van der Waals surface area contributed by atoms with Gasteiger partial charge in [-0.3, -0.25) is 4.21 Å². The zero-order chi connectivity index (χ0) is 12.0. The van der Waals surface area contributed by atoms with Crippen LogP contribution in [0.3, 0.4) is 0 Å². The molecule has 1 unspecified atom stereocenters. The summed E-state index contributed by atoms with van der Waals surface area (Å²) in [6, 6.07) is 4.82. The number of rotatable bonds is 6. The van der Waals surface area contributed by atoms with E-state index in [1.54, 1.807) is 12.3 Å². The van der Waals surface area contributed by atoms with Crippen LogP contribution in [0.4, 0.5) is 4.39 Å². The molecule has 0 aliphatic carbocycles. The number of benzene rings is 1. The molecule has 0 spiro atoms. The lowest BCUT2D eigenvalue weighted by Crippen LogP contribution is -2.17. The summed E-state index contributed by atoms with van der Waals surface area (Å²) in [6.45, 7) is 3.49. The summed E-state index contributed by atoms with van der Waals surface area (Å²) in [7, 11) is -0.711. The molecule has 1 rings (SSSR count). The van der Waals surface area contributed by atoms with Crippen LogP contribution in [0.25, 0.3) is 0 Å². The van der Waals surface area contributed by atoms with E-state index in [9.17, 15) is 8.60 Å². The molecule has 0 fully saturated rings. The van der Waals surface area contributed by atoms with Gasteiger partial charge in [0.2, 0.25) is 0 Å². The maximum atomic E-state index is 12.8. The lowest BCUT2D eigenvalue weighted by molar-refractivity contribution is 0.622. The van der Waals surface area contributed by atoms with Gasteiger partial charge in [-0.25, -0.2) is 4.39 Å². The Balaban J connectivity index is 2.29. The first-order valence-electron chi connectivity index (χ1n) is 5.35. The minimum absolute atomic E-state index is 0.192. The Morgan fingerprint density at radius 2 is 2.19 bits per heavy atom. The van der Waals surface area contributed by atoms with E-state index in [1.807, 2.05) is 6.92 Å². The Hall–Kier alpha value is -0.740. The van der Waals surface area contributed by atoms with Crippen LogP contribution in [0, 0.1) is 12.7 Å². The van der Waals surface area contributed by atoms with Gasteiger partial charge in [-0.1, -0.05) is 6.07 Å². The van der Waals surface area contributed by atoms with Gasteiger partial charge in [0.1, 0.15) is 5.82 Å². The van der Waals surface area contributed by atoms with Crippen molar-refractivity contribution in [1.29, 1.82) is 0 Å². The topological polar surface area (TPSA) is 29.1 Å². The van der Waals surface area contributed by atoms with E-state index in [2.05, 4.69) is 5.32 Å². The van der Waals surface area contributed by atoms with Crippen molar-refractivity contribution in [3.05, 3.63) is 35.1 Å². The molecule has 0 aliphatic rings. The monoisotopic (exact) mass is 243 g/mol. The van der Waals surface area contributed by atoms with Gasteiger partial charge >= 0.3 is 0 Å². The molecule has 0 bridgehead atoms. The van der Waals surface area contributed by atoms with Gasteiger partial charge in [0.15, 0.2) is 0 Å². The summed E-state index contributed by atoms with van der Waals surface area (Å²) in [5.41, 5.74) is 2.07. The van der Waals surface area contributed by atoms with Crippen LogP contribution >= 0.6 is 0 Å². The van der Waals surface area contributed by atoms with E-state index in [0.29, 0.717) is 0 Å². The van der Waals surface area contributed by atoms with Crippen LogP contribution in [0.1, 0.15) is 17.5 Å². The van der Waals surface area contributed by atoms with Crippen molar-refractivity contribution in [1.82, 2.24) is 5.32 Å². The molecule has 0 radical (unpaired) electrons. The average Bonchev–Trinajstić information content (AvgIpc) is 2.20. The van der Waals surface area contributed by atoms with Crippen molar-refractivity contribution < 1.29 is 8.60 Å². The SMILES string of the molecule is Cc1cc(F)ccc1CNCCCS(C)=O. The van der Waals surface area contributed by atoms with Gasteiger partial charge in [0, 0.05) is 29.4 Å². The second-order valence-electron chi connectivity index (χ2n) is 3.88. The smallest absolute Gasteiger partial charge is 0.123 e. The fourth-order valence-electron chi connectivity index (χ4n) is 1.48. The van der Waals surface area contributed by atoms with Gasteiger partial charge in [-0.05, 0) is 43.1 Å². The Morgan fingerprint density at radius 1 is 1.44 bits per heavy atom. The van der Waals surface area contributed by atoms with Crippen LogP contribution in [0.2, 0.25) is 0 Å². The minimum atomic E-state index is -0.711. The number of hydrogen-bond donors (Lipinski definition) is 1. The molecule has 0 saturated carbocycles. The third kappa shape index (κ3) is 4.86. The van der Waals surface area contributed by atoms with Gasteiger partial charge in [-0.15, -0.1) is 0 Å². The first kappa shape index (κ1) is 13.3. The zero-order valence-electron chi connectivity index (χ0n) is 9.75. The number of aryl methyl sites for hydroxylation is 1. The number of nitrogens with one attached hydrogen (secondary N) is 1. The van der Waals surface area contributed by atoms with Crippen molar-refractivity contribution in [2.45, 2.75) is 19.9 Å². The zero-order valence-corrected chi connectivity index (χ0v) is 10.6. The molecule has 0 amide bonds. The Labute approximate surface area is 98.7 Å². The molecule has 0 saturated heterocycles. The summed E-state index contributed by atoms with van der Waals surface area (Å²) in [6.07, 6.45) is 2.62. The highest BCUT2D eigenvalue weighted by atomic mass is 32.2. The van der Waals surface area contributed by atoms with Crippen molar-refractivity contribution in [3.63, 3.8) is 0 Å². The second-order valence-corrected chi connectivity index (χ2v) is 5.43. The number of hydrogen-bond acceptors (Lipinski definition) is 2. The standard InChI is InChI=1S/C12H18FNOS/c1-10-8-12(13)5-4-11(10)9-14-6-3-7-16(2)15/h4-5,8,14H,3,6-7,9H2,1-2H3. The summed E-state index contributed by atoms with van der Waals surface area (Å²) in [5, 5.41) is 3.26. The van der Waals surface area contributed by atoms with E-state index in [4.69, 9.17) is 0 Å². The number of halogens is 1. The maximum absolute atomic E-state index is 12.8. The van der Waals surface area contributed by atoms with Crippen LogP contribution in [0.15, 0.2) is 18.2 Å². The molecule has 1 N–H and O–H groups in total. The molecule has 0 aliphatic heterocycles. The molecule has 16 heavy (non-hydrogen) atoms. The largest absolute Gasteiger partial charge is 0.313 e. The Kier molecular flexibility index (Phi) is 5.63. The van der Waals surface area contributed by atoms with Gasteiger partial charge in [0.25, 0.3) is 0 Å². The predicted octanol–water partition coefficient (Wildman–Crippen LogP) is 1.99. The first-order valence-corrected chi connectivity index (χ1v) is 7.08. The van der Waals surface area contributed by atoms with Crippen molar-refractivity contribution in [2.24, 2.45) is 0 Å². The fraction of sp³-hybridized carbons (Fsp3) is 0.500. The fourth-order valence-corrected chi connectivity index (χ4v) is 2.03. The lowest BCUT2D eigenvalue weighted by atomic mass is 10.1. The second kappa shape index (κ2) is 6.76. The Morgan fingerprint density at radius 3 is 2.81 bits per heavy atom. The van der Waals surface area contributed by atoms with E-state index in [-0.39, 0.29) is 5.82 Å². The molecular weight excluding hydrogens is 225 g/mol. The maximum Gasteiger partial charge on any atom is 0.123 e. The average molecular weight is 243 g/mol. The molecule has 0 heterocycles. The highest BCUT2D eigenvalue weighted by Gasteiger charge is 1.99. The molecule has 1 aromatic rings. The quantitative estimate of drug-likeness (QED) is 0.774. The third-order valence-electron chi connectivity index (χ3n) is 2.41. The van der Waals surface area contributed by atoms with Crippen LogP contribution < -0.4 is 5.32 Å². The summed E-state index contributed by atoms with van der Waals surface area (Å²) < 4.78 is 23.6. The molecule has 90 valence electrons. The van der Waals surface area contributed by atoms with E-state index in [0.717, 1.165) is 36.4 Å². The highest BCUT2D eigenvalue weighted by molar-refractivity contribution is 7.84. The Bertz CT molecular complexity index is 368. The van der Waals surface area contributed by atoms with E-state index >= 15 is 0 Å². The van der Waals surface area contributed by atoms with Gasteiger partial charge < -0.3 is 5.32 Å². The molecule has 0 aromatic heterocycles. The first-order chi connectivity index (χ1) is 7.59. The van der Waals surface area contributed by atoms with Crippen LogP contribution in [-0.2, 0) is 17.3 Å². The summed E-state index contributed by atoms with van der Waals surface area (Å²) in [4.78, 5) is 0. The van der Waals surface area contributed by atoms with Crippen LogP contribution in [-0.4, -0.2) is 22.8 Å². The summed E-state index contributed by atoms with van der Waals surface area (Å²) in [5.74, 6) is 0.540. The normalized spacial score (nSPS) is 12.7. The van der Waals surface area contributed by atoms with Crippen LogP contribution in [0.5, 0.6) is 0 Å². The summed E-state index contributed by atoms with van der Waals surface area (Å²) >= 11 is 0. The molecular formula is C12H18FNOS. The predicted molar refractivity (Wildman–Crippen MR) is 66.4 cm³/mol. The molecule has 2 nitrogen and oxygen atoms in total. The van der Waals surface area contributed by atoms with Gasteiger partial charge in [0.05, 0.1) is 0 Å². The molecule has 1 atom stereocenters. The van der Waals surface area contributed by atoms with E-state index < -0.39 is 10.8 Å².